The van der Waals surface area contributed by atoms with Crippen LogP contribution < -0.4 is 14.2 Å². The van der Waals surface area contributed by atoms with Crippen molar-refractivity contribution in [3.8, 4) is 17.2 Å². The Morgan fingerprint density at radius 1 is 0.952 bits per heavy atom. The van der Waals surface area contributed by atoms with Crippen LogP contribution in [0.1, 0.15) is 28.3 Å². The summed E-state index contributed by atoms with van der Waals surface area (Å²) in [5.41, 5.74) is 0.358. The quantitative estimate of drug-likeness (QED) is 0.184. The van der Waals surface area contributed by atoms with E-state index in [0.717, 1.165) is 17.7 Å². The number of para-hydroxylation sites is 1. The van der Waals surface area contributed by atoms with Gasteiger partial charge in [-0.05, 0) is 69.3 Å². The number of ether oxygens (including phenoxy) is 2. The summed E-state index contributed by atoms with van der Waals surface area (Å²) in [6.07, 6.45) is -4.65. The maximum atomic E-state index is 15.0. The lowest BCUT2D eigenvalue weighted by molar-refractivity contribution is -0.136. The van der Waals surface area contributed by atoms with Gasteiger partial charge < -0.3 is 14.0 Å². The number of nitrogens with one attached hydrogen (secondary N) is 1. The first-order valence-electron chi connectivity index (χ1n) is 12.4. The number of halogens is 4. The molecule has 0 amide bonds. The van der Waals surface area contributed by atoms with Crippen LogP contribution in [0.2, 0.25) is 0 Å². The first-order valence-corrected chi connectivity index (χ1v) is 13.9. The molecule has 2 aromatic heterocycles. The number of fused-ring (bicyclic) bond motifs is 1. The molecule has 13 heteroatoms. The van der Waals surface area contributed by atoms with Gasteiger partial charge in [-0.2, -0.15) is 13.2 Å². The third-order valence-corrected chi connectivity index (χ3v) is 7.73. The zero-order chi connectivity index (χ0) is 30.2. The van der Waals surface area contributed by atoms with Gasteiger partial charge >= 0.3 is 6.18 Å². The summed E-state index contributed by atoms with van der Waals surface area (Å²) in [7, 11) is -4.10. The number of pyridine rings is 1. The second-order valence-electron chi connectivity index (χ2n) is 9.38. The summed E-state index contributed by atoms with van der Waals surface area (Å²) in [5.74, 6) is -0.246. The first kappa shape index (κ1) is 28.9. The molecule has 0 unspecified atom stereocenters. The van der Waals surface area contributed by atoms with Crippen LogP contribution in [0.15, 0.2) is 76.1 Å². The first-order chi connectivity index (χ1) is 19.8. The van der Waals surface area contributed by atoms with E-state index in [1.165, 1.54) is 61.5 Å². The zero-order valence-electron chi connectivity index (χ0n) is 22.4. The number of hydrogen-bond donors (Lipinski definition) is 1. The van der Waals surface area contributed by atoms with Gasteiger partial charge in [0.25, 0.3) is 10.0 Å². The number of nitrogens with zero attached hydrogens (tertiary/aromatic N) is 2. The lowest BCUT2D eigenvalue weighted by Crippen LogP contribution is -2.13. The molecule has 218 valence electrons. The summed E-state index contributed by atoms with van der Waals surface area (Å²) < 4.78 is 100. The Labute approximate surface area is 237 Å². The SMILES string of the molecule is Cc1cc(Oc2ccc(NS(=O)(=O)c3ccc(OCc4c(C)noc4C)cc3)cc2F)c2cccc(C(F)(F)F)c2n1. The van der Waals surface area contributed by atoms with Crippen molar-refractivity contribution < 1.29 is 40.0 Å². The molecule has 8 nitrogen and oxygen atoms in total. The minimum absolute atomic E-state index is 0.0347. The number of alkyl halides is 3. The van der Waals surface area contributed by atoms with Crippen LogP contribution in [0.3, 0.4) is 0 Å². The van der Waals surface area contributed by atoms with Crippen LogP contribution in [-0.4, -0.2) is 18.6 Å². The van der Waals surface area contributed by atoms with Crippen molar-refractivity contribution in [2.24, 2.45) is 0 Å². The molecule has 3 aromatic carbocycles. The van der Waals surface area contributed by atoms with Crippen molar-refractivity contribution in [1.29, 1.82) is 0 Å². The van der Waals surface area contributed by atoms with Gasteiger partial charge in [-0.1, -0.05) is 11.2 Å². The number of anilines is 1. The van der Waals surface area contributed by atoms with Crippen LogP contribution in [0.4, 0.5) is 23.2 Å². The molecule has 0 bridgehead atoms. The Morgan fingerprint density at radius 2 is 1.69 bits per heavy atom. The van der Waals surface area contributed by atoms with Gasteiger partial charge in [0, 0.05) is 23.2 Å². The number of aryl methyl sites for hydroxylation is 3. The highest BCUT2D eigenvalue weighted by molar-refractivity contribution is 7.92. The topological polar surface area (TPSA) is 104 Å². The summed E-state index contributed by atoms with van der Waals surface area (Å²) in [6.45, 7) is 5.23. The van der Waals surface area contributed by atoms with E-state index in [2.05, 4.69) is 14.9 Å². The van der Waals surface area contributed by atoms with Gasteiger partial charge in [-0.25, -0.2) is 12.8 Å². The predicted molar refractivity (Wildman–Crippen MR) is 146 cm³/mol. The van der Waals surface area contributed by atoms with E-state index in [4.69, 9.17) is 14.0 Å². The average Bonchev–Trinajstić information content (AvgIpc) is 3.24. The summed E-state index contributed by atoms with van der Waals surface area (Å²) in [4.78, 5) is 3.91. The molecular formula is C29H23F4N3O5S. The van der Waals surface area contributed by atoms with Crippen molar-refractivity contribution in [3.05, 3.63) is 101 Å². The standard InChI is InChI=1S/C29H23F4N3O5S/c1-16-13-27(22-5-4-6-24(28(22)34-16)29(31,32)33)40-26-12-7-19(14-25(26)30)36-42(37,38)21-10-8-20(9-11-21)39-15-23-17(2)35-41-18(23)3/h4-14,36H,15H2,1-3H3. The molecular weight excluding hydrogens is 578 g/mol. The number of aromatic nitrogens is 2. The van der Waals surface area contributed by atoms with Crippen LogP contribution in [0, 0.1) is 26.6 Å². The Balaban J connectivity index is 1.32. The van der Waals surface area contributed by atoms with E-state index < -0.39 is 27.6 Å². The van der Waals surface area contributed by atoms with E-state index in [9.17, 15) is 21.6 Å². The van der Waals surface area contributed by atoms with E-state index in [0.29, 0.717) is 17.2 Å². The fourth-order valence-corrected chi connectivity index (χ4v) is 5.26. The van der Waals surface area contributed by atoms with Gasteiger partial charge in [0.05, 0.1) is 32.9 Å². The molecule has 5 rings (SSSR count). The number of benzene rings is 3. The van der Waals surface area contributed by atoms with E-state index in [-0.39, 0.29) is 45.3 Å². The lowest BCUT2D eigenvalue weighted by Gasteiger charge is -2.15. The van der Waals surface area contributed by atoms with Crippen LogP contribution in [0.25, 0.3) is 10.9 Å². The van der Waals surface area contributed by atoms with Gasteiger partial charge in [-0.3, -0.25) is 9.71 Å². The van der Waals surface area contributed by atoms with Gasteiger partial charge in [-0.15, -0.1) is 0 Å². The molecule has 0 saturated heterocycles. The third-order valence-electron chi connectivity index (χ3n) is 6.34. The Kier molecular flexibility index (Phi) is 7.54. The molecule has 2 heterocycles. The molecule has 1 N–H and O–H groups in total. The molecule has 0 spiro atoms. The largest absolute Gasteiger partial charge is 0.489 e. The highest BCUT2D eigenvalue weighted by Gasteiger charge is 2.33. The van der Waals surface area contributed by atoms with Crippen LogP contribution >= 0.6 is 0 Å². The molecule has 0 atom stereocenters. The highest BCUT2D eigenvalue weighted by Crippen LogP contribution is 2.39. The minimum atomic E-state index is -4.65. The molecule has 5 aromatic rings. The third kappa shape index (κ3) is 6.00. The van der Waals surface area contributed by atoms with E-state index in [1.807, 2.05) is 0 Å². The van der Waals surface area contributed by atoms with Gasteiger partial charge in [0.2, 0.25) is 0 Å². The molecule has 0 aliphatic heterocycles. The van der Waals surface area contributed by atoms with Crippen molar-refractivity contribution in [2.45, 2.75) is 38.4 Å². The predicted octanol–water partition coefficient (Wildman–Crippen LogP) is 7.48. The Hall–Kier alpha value is -4.65. The zero-order valence-corrected chi connectivity index (χ0v) is 23.2. The van der Waals surface area contributed by atoms with Crippen molar-refractivity contribution >= 4 is 26.6 Å². The van der Waals surface area contributed by atoms with Crippen molar-refractivity contribution in [1.82, 2.24) is 10.1 Å². The van der Waals surface area contributed by atoms with E-state index >= 15 is 4.39 Å². The van der Waals surface area contributed by atoms with Gasteiger partial charge in [0.1, 0.15) is 23.9 Å². The molecule has 0 aliphatic carbocycles. The monoisotopic (exact) mass is 601 g/mol. The molecule has 0 saturated carbocycles. The normalized spacial score (nSPS) is 12.0. The van der Waals surface area contributed by atoms with Gasteiger partial charge in [0.15, 0.2) is 11.6 Å². The smallest absolute Gasteiger partial charge is 0.418 e. The van der Waals surface area contributed by atoms with Crippen molar-refractivity contribution in [3.63, 3.8) is 0 Å². The molecule has 0 aliphatic rings. The van der Waals surface area contributed by atoms with Crippen molar-refractivity contribution in [2.75, 3.05) is 4.72 Å². The molecule has 42 heavy (non-hydrogen) atoms. The second-order valence-corrected chi connectivity index (χ2v) is 11.1. The lowest BCUT2D eigenvalue weighted by atomic mass is 10.1. The fraction of sp³-hybridized carbons (Fsp3) is 0.172. The average molecular weight is 602 g/mol. The minimum Gasteiger partial charge on any atom is -0.489 e. The summed E-state index contributed by atoms with van der Waals surface area (Å²) >= 11 is 0. The Bertz CT molecular complexity index is 1870. The maximum absolute atomic E-state index is 15.0. The maximum Gasteiger partial charge on any atom is 0.418 e. The number of hydrogen-bond acceptors (Lipinski definition) is 7. The highest BCUT2D eigenvalue weighted by atomic mass is 32.2. The van der Waals surface area contributed by atoms with Crippen LogP contribution in [0.5, 0.6) is 17.2 Å². The van der Waals surface area contributed by atoms with E-state index in [1.54, 1.807) is 13.8 Å². The fourth-order valence-electron chi connectivity index (χ4n) is 4.21. The summed E-state index contributed by atoms with van der Waals surface area (Å²) in [5, 5.41) is 3.90. The Morgan fingerprint density at radius 3 is 2.33 bits per heavy atom. The summed E-state index contributed by atoms with van der Waals surface area (Å²) in [6, 6.07) is 13.9. The molecule has 0 radical (unpaired) electrons. The number of rotatable bonds is 8. The van der Waals surface area contributed by atoms with Crippen LogP contribution in [-0.2, 0) is 22.8 Å². The number of sulfonamides is 1. The second kappa shape index (κ2) is 11.0. The molecule has 0 fully saturated rings.